The number of ether oxygens (including phenoxy) is 5. The molecule has 1 fully saturated rings. The molecule has 1 amide bonds. The molecule has 5 rings (SSSR count). The Kier molecular flexibility index (Phi) is 11.5. The van der Waals surface area contributed by atoms with E-state index in [9.17, 15) is 4.79 Å². The molecule has 47 heavy (non-hydrogen) atoms. The van der Waals surface area contributed by atoms with Gasteiger partial charge in [-0.1, -0.05) is 29.8 Å². The first kappa shape index (κ1) is 35.1. The number of halogens is 3. The summed E-state index contributed by atoms with van der Waals surface area (Å²) < 4.78 is 60.7. The molecular weight excluding hydrogens is 630 g/mol. The summed E-state index contributed by atoms with van der Waals surface area (Å²) in [6, 6.07) is 1.29. The fourth-order valence-electron chi connectivity index (χ4n) is 6.26. The summed E-state index contributed by atoms with van der Waals surface area (Å²) in [6.45, 7) is 8.52. The van der Waals surface area contributed by atoms with Crippen molar-refractivity contribution in [2.75, 3.05) is 26.4 Å². The van der Waals surface area contributed by atoms with Crippen molar-refractivity contribution in [3.63, 3.8) is 0 Å². The second kappa shape index (κ2) is 15.3. The minimum Gasteiger partial charge on any atom is -0.482 e. The van der Waals surface area contributed by atoms with Gasteiger partial charge < -0.3 is 29.0 Å². The number of allylic oxidation sites excluding steroid dienone is 2. The molecule has 1 aromatic carbocycles. The summed E-state index contributed by atoms with van der Waals surface area (Å²) in [7, 11) is 0. The minimum atomic E-state index is -0.813. The second-order valence-corrected chi connectivity index (χ2v) is 13.7. The third-order valence-electron chi connectivity index (χ3n) is 8.44. The van der Waals surface area contributed by atoms with E-state index in [1.165, 1.54) is 12.3 Å². The predicted molar refractivity (Wildman–Crippen MR) is 176 cm³/mol. The molecule has 1 aromatic heterocycles. The van der Waals surface area contributed by atoms with Crippen LogP contribution in [0.15, 0.2) is 36.1 Å². The predicted octanol–water partition coefficient (Wildman–Crippen LogP) is 8.56. The van der Waals surface area contributed by atoms with E-state index in [0.29, 0.717) is 55.7 Å². The SMILES string of the molecule is Cc1cnc(OCCOC2CCCCO2)c(F)c1-c1c(Cl)c(F)cc2c1CC(CCCCNC(=O)OC(C)(C)C)(C1=CCCC=C1)O2. The van der Waals surface area contributed by atoms with Crippen molar-refractivity contribution >= 4 is 17.7 Å². The molecule has 0 spiro atoms. The number of nitrogens with one attached hydrogen (secondary N) is 1. The number of rotatable bonds is 12. The number of aromatic nitrogens is 1. The number of alkyl carbamates (subject to hydrolysis) is 1. The highest BCUT2D eigenvalue weighted by Crippen LogP contribution is 2.51. The maximum absolute atomic E-state index is 16.2. The molecule has 1 saturated heterocycles. The topological polar surface area (TPSA) is 88.1 Å². The summed E-state index contributed by atoms with van der Waals surface area (Å²) >= 11 is 6.65. The van der Waals surface area contributed by atoms with Gasteiger partial charge in [0.2, 0.25) is 0 Å². The van der Waals surface area contributed by atoms with Crippen LogP contribution in [0.4, 0.5) is 13.6 Å². The van der Waals surface area contributed by atoms with Crippen LogP contribution in [-0.4, -0.2) is 54.9 Å². The van der Waals surface area contributed by atoms with Gasteiger partial charge in [0.25, 0.3) is 5.88 Å². The molecule has 2 aromatic rings. The molecule has 2 unspecified atom stereocenters. The monoisotopic (exact) mass is 674 g/mol. The molecular formula is C36H45ClF2N2O6. The number of unbranched alkanes of at least 4 members (excludes halogenated alkanes) is 1. The smallest absolute Gasteiger partial charge is 0.407 e. The lowest BCUT2D eigenvalue weighted by Crippen LogP contribution is -2.37. The molecule has 3 heterocycles. The maximum Gasteiger partial charge on any atom is 0.407 e. The Morgan fingerprint density at radius 2 is 2.00 bits per heavy atom. The molecule has 2 aliphatic heterocycles. The van der Waals surface area contributed by atoms with E-state index in [4.69, 9.17) is 35.3 Å². The molecule has 2 atom stereocenters. The maximum atomic E-state index is 16.2. The van der Waals surface area contributed by atoms with Crippen LogP contribution in [0.5, 0.6) is 11.6 Å². The highest BCUT2D eigenvalue weighted by atomic mass is 35.5. The largest absolute Gasteiger partial charge is 0.482 e. The summed E-state index contributed by atoms with van der Waals surface area (Å²) in [5.41, 5.74) is 1.07. The molecule has 1 aliphatic carbocycles. The Balaban J connectivity index is 1.36. The van der Waals surface area contributed by atoms with Crippen molar-refractivity contribution in [1.29, 1.82) is 0 Å². The average molecular weight is 675 g/mol. The molecule has 1 N–H and O–H groups in total. The summed E-state index contributed by atoms with van der Waals surface area (Å²) in [5, 5.41) is 2.62. The van der Waals surface area contributed by atoms with Crippen LogP contribution >= 0.6 is 11.6 Å². The Labute approximate surface area is 280 Å². The number of pyridine rings is 1. The molecule has 11 heteroatoms. The third kappa shape index (κ3) is 8.64. The average Bonchev–Trinajstić information content (AvgIpc) is 3.40. The molecule has 256 valence electrons. The summed E-state index contributed by atoms with van der Waals surface area (Å²) in [6.07, 6.45) is 14.0. The van der Waals surface area contributed by atoms with Crippen molar-refractivity contribution in [1.82, 2.24) is 10.3 Å². The highest BCUT2D eigenvalue weighted by molar-refractivity contribution is 6.34. The van der Waals surface area contributed by atoms with Gasteiger partial charge in [0.1, 0.15) is 29.4 Å². The van der Waals surface area contributed by atoms with Crippen molar-refractivity contribution < 1.29 is 37.3 Å². The molecule has 3 aliphatic rings. The van der Waals surface area contributed by atoms with Crippen molar-refractivity contribution in [3.8, 4) is 22.8 Å². The molecule has 8 nitrogen and oxygen atoms in total. The van der Waals surface area contributed by atoms with Gasteiger partial charge >= 0.3 is 6.09 Å². The molecule has 0 bridgehead atoms. The lowest BCUT2D eigenvalue weighted by atomic mass is 9.80. The first-order valence-corrected chi connectivity index (χ1v) is 16.9. The third-order valence-corrected chi connectivity index (χ3v) is 8.81. The fraction of sp³-hybridized carbons (Fsp3) is 0.556. The Hall–Kier alpha value is -3.21. The van der Waals surface area contributed by atoms with Crippen LogP contribution in [0, 0.1) is 18.6 Å². The van der Waals surface area contributed by atoms with Gasteiger partial charge in [-0.2, -0.15) is 0 Å². The van der Waals surface area contributed by atoms with Gasteiger partial charge in [-0.15, -0.1) is 0 Å². The van der Waals surface area contributed by atoms with Gasteiger partial charge in [0.05, 0.1) is 11.6 Å². The van der Waals surface area contributed by atoms with Crippen LogP contribution in [0.3, 0.4) is 0 Å². The van der Waals surface area contributed by atoms with Crippen molar-refractivity contribution in [2.24, 2.45) is 0 Å². The number of fused-ring (bicyclic) bond motifs is 1. The van der Waals surface area contributed by atoms with E-state index in [2.05, 4.69) is 28.5 Å². The molecule has 0 saturated carbocycles. The number of carbonyl (C=O) groups is 1. The second-order valence-electron chi connectivity index (χ2n) is 13.3. The first-order valence-electron chi connectivity index (χ1n) is 16.5. The van der Waals surface area contributed by atoms with Crippen molar-refractivity contribution in [2.45, 2.75) is 103 Å². The van der Waals surface area contributed by atoms with E-state index in [-0.39, 0.29) is 41.5 Å². The minimum absolute atomic E-state index is 0.0662. The summed E-state index contributed by atoms with van der Waals surface area (Å²) in [5.74, 6) is -1.32. The standard InChI is InChI=1S/C36H45ClF2N2O6/c1-23-22-41-33(45-19-18-44-28-14-8-11-17-43-28)32(39)29(23)30-25-21-36(24-12-6-5-7-13-24,46-27(25)20-26(38)31(30)37)15-9-10-16-40-34(42)47-35(2,3)4/h6,12-13,20,22,28H,5,7-11,14-19,21H2,1-4H3,(H,40,42). The highest BCUT2D eigenvalue weighted by Gasteiger charge is 2.44. The van der Waals surface area contributed by atoms with Gasteiger partial charge in [-0.3, -0.25) is 0 Å². The number of hydrogen-bond acceptors (Lipinski definition) is 7. The zero-order valence-electron chi connectivity index (χ0n) is 27.7. The number of amides is 1. The first-order chi connectivity index (χ1) is 22.5. The van der Waals surface area contributed by atoms with Crippen LogP contribution in [-0.2, 0) is 20.6 Å². The van der Waals surface area contributed by atoms with Crippen molar-refractivity contribution in [3.05, 3.63) is 63.8 Å². The van der Waals surface area contributed by atoms with E-state index < -0.39 is 28.9 Å². The van der Waals surface area contributed by atoms with Crippen LogP contribution in [0.2, 0.25) is 5.02 Å². The number of aryl methyl sites for hydroxylation is 1. The number of hydrogen-bond donors (Lipinski definition) is 1. The van der Waals surface area contributed by atoms with Crippen LogP contribution in [0.25, 0.3) is 11.1 Å². The van der Waals surface area contributed by atoms with E-state index in [1.807, 2.05) is 20.8 Å². The van der Waals surface area contributed by atoms with Gasteiger partial charge in [0.15, 0.2) is 12.1 Å². The zero-order chi connectivity index (χ0) is 33.6. The number of carbonyl (C=O) groups excluding carboxylic acids is 1. The van der Waals surface area contributed by atoms with Crippen LogP contribution in [0.1, 0.15) is 83.3 Å². The fourth-order valence-corrected chi connectivity index (χ4v) is 6.52. The van der Waals surface area contributed by atoms with Gasteiger partial charge in [-0.25, -0.2) is 18.6 Å². The molecule has 0 radical (unpaired) electrons. The zero-order valence-corrected chi connectivity index (χ0v) is 28.4. The number of benzene rings is 1. The van der Waals surface area contributed by atoms with Gasteiger partial charge in [-0.05, 0) is 90.2 Å². The Morgan fingerprint density at radius 3 is 2.72 bits per heavy atom. The quantitative estimate of drug-likeness (QED) is 0.226. The summed E-state index contributed by atoms with van der Waals surface area (Å²) in [4.78, 5) is 16.3. The Morgan fingerprint density at radius 1 is 1.17 bits per heavy atom. The lowest BCUT2D eigenvalue weighted by Gasteiger charge is -2.32. The normalized spacial score (nSPS) is 20.7. The Bertz CT molecular complexity index is 1500. The number of nitrogens with zero attached hydrogens (tertiary/aromatic N) is 1. The van der Waals surface area contributed by atoms with E-state index in [0.717, 1.165) is 37.7 Å². The van der Waals surface area contributed by atoms with E-state index in [1.54, 1.807) is 6.92 Å². The van der Waals surface area contributed by atoms with E-state index >= 15 is 8.78 Å². The lowest BCUT2D eigenvalue weighted by molar-refractivity contribution is -0.165. The van der Waals surface area contributed by atoms with Crippen LogP contribution < -0.4 is 14.8 Å². The van der Waals surface area contributed by atoms with Gasteiger partial charge in [0, 0.05) is 48.5 Å².